The SMILES string of the molecule is Nc1ccc(C2CCN(C3=Nn4c(nnc4C(F)(F)F)CC3)CC2)cc1. The van der Waals surface area contributed by atoms with Crippen molar-refractivity contribution in [2.24, 2.45) is 5.10 Å². The first-order chi connectivity index (χ1) is 12.4. The maximum atomic E-state index is 13.0. The number of amidine groups is 1. The molecular weight excluding hydrogens is 345 g/mol. The molecule has 0 atom stereocenters. The zero-order valence-corrected chi connectivity index (χ0v) is 14.1. The lowest BCUT2D eigenvalue weighted by molar-refractivity contribution is -0.147. The third-order valence-electron chi connectivity index (χ3n) is 5.01. The standard InChI is InChI=1S/C17H19F3N6/c18-17(19,20)16-23-22-14-5-6-15(24-26(14)16)25-9-7-12(8-10-25)11-1-3-13(21)4-2-11/h1-4,12H,5-10,21H2. The number of nitrogens with two attached hydrogens (primary N) is 1. The second-order valence-electron chi connectivity index (χ2n) is 6.69. The van der Waals surface area contributed by atoms with E-state index in [9.17, 15) is 13.2 Å². The fraction of sp³-hybridized carbons (Fsp3) is 0.471. The van der Waals surface area contributed by atoms with Crippen molar-refractivity contribution in [3.8, 4) is 0 Å². The predicted octanol–water partition coefficient (Wildman–Crippen LogP) is 2.87. The lowest BCUT2D eigenvalue weighted by atomic mass is 9.89. The molecule has 1 aromatic carbocycles. The van der Waals surface area contributed by atoms with Gasteiger partial charge in [-0.3, -0.25) is 0 Å². The van der Waals surface area contributed by atoms with E-state index in [0.717, 1.165) is 36.3 Å². The fourth-order valence-electron chi connectivity index (χ4n) is 3.60. The molecule has 4 rings (SSSR count). The number of fused-ring (bicyclic) bond motifs is 1. The second-order valence-corrected chi connectivity index (χ2v) is 6.69. The second kappa shape index (κ2) is 6.30. The van der Waals surface area contributed by atoms with Gasteiger partial charge in [-0.05, 0) is 36.5 Å². The fourth-order valence-corrected chi connectivity index (χ4v) is 3.60. The van der Waals surface area contributed by atoms with Gasteiger partial charge in [-0.25, -0.2) is 0 Å². The van der Waals surface area contributed by atoms with E-state index in [1.165, 1.54) is 5.56 Å². The van der Waals surface area contributed by atoms with E-state index in [1.54, 1.807) is 0 Å². The Balaban J connectivity index is 1.48. The number of halogens is 3. The van der Waals surface area contributed by atoms with Crippen molar-refractivity contribution in [2.45, 2.75) is 37.8 Å². The molecule has 6 nitrogen and oxygen atoms in total. The highest BCUT2D eigenvalue weighted by molar-refractivity contribution is 5.83. The molecule has 2 aromatic rings. The molecule has 0 aliphatic carbocycles. The Kier molecular flexibility index (Phi) is 4.08. The van der Waals surface area contributed by atoms with Crippen molar-refractivity contribution in [1.82, 2.24) is 19.8 Å². The highest BCUT2D eigenvalue weighted by Crippen LogP contribution is 2.32. The summed E-state index contributed by atoms with van der Waals surface area (Å²) in [5, 5.41) is 11.1. The summed E-state index contributed by atoms with van der Waals surface area (Å²) in [5.74, 6) is 0.324. The average Bonchev–Trinajstić information content (AvgIpc) is 3.06. The number of rotatable bonds is 1. The third kappa shape index (κ3) is 3.13. The van der Waals surface area contributed by atoms with Crippen molar-refractivity contribution in [1.29, 1.82) is 0 Å². The van der Waals surface area contributed by atoms with Gasteiger partial charge >= 0.3 is 6.18 Å². The van der Waals surface area contributed by atoms with E-state index in [1.807, 2.05) is 24.3 Å². The molecule has 1 saturated heterocycles. The summed E-state index contributed by atoms with van der Waals surface area (Å²) < 4.78 is 39.9. The Morgan fingerprint density at radius 2 is 1.69 bits per heavy atom. The lowest BCUT2D eigenvalue weighted by Gasteiger charge is -2.35. The molecule has 1 aromatic heterocycles. The average molecular weight is 364 g/mol. The first-order valence-corrected chi connectivity index (χ1v) is 8.61. The summed E-state index contributed by atoms with van der Waals surface area (Å²) in [6.45, 7) is 1.54. The van der Waals surface area contributed by atoms with Gasteiger partial charge in [-0.15, -0.1) is 10.2 Å². The van der Waals surface area contributed by atoms with Gasteiger partial charge < -0.3 is 10.6 Å². The van der Waals surface area contributed by atoms with Crippen LogP contribution < -0.4 is 5.73 Å². The number of anilines is 1. The molecule has 2 aliphatic rings. The number of aryl methyl sites for hydroxylation is 1. The molecule has 3 heterocycles. The molecule has 0 bridgehead atoms. The van der Waals surface area contributed by atoms with Gasteiger partial charge in [-0.1, -0.05) is 12.1 Å². The van der Waals surface area contributed by atoms with Crippen LogP contribution >= 0.6 is 0 Å². The lowest BCUT2D eigenvalue weighted by Crippen LogP contribution is -2.40. The number of hydrogen-bond acceptors (Lipinski definition) is 5. The number of benzene rings is 1. The Labute approximate surface area is 148 Å². The van der Waals surface area contributed by atoms with Crippen LogP contribution in [0.5, 0.6) is 0 Å². The van der Waals surface area contributed by atoms with Crippen LogP contribution in [0.2, 0.25) is 0 Å². The molecule has 138 valence electrons. The van der Waals surface area contributed by atoms with Crippen molar-refractivity contribution in [3.05, 3.63) is 41.5 Å². The van der Waals surface area contributed by atoms with Gasteiger partial charge in [0.15, 0.2) is 5.82 Å². The molecular formula is C17H19F3N6. The monoisotopic (exact) mass is 364 g/mol. The number of likely N-dealkylation sites (tertiary alicyclic amines) is 1. The maximum Gasteiger partial charge on any atom is 0.453 e. The highest BCUT2D eigenvalue weighted by atomic mass is 19.4. The van der Waals surface area contributed by atoms with Crippen LogP contribution in [-0.4, -0.2) is 38.7 Å². The molecule has 9 heteroatoms. The van der Waals surface area contributed by atoms with E-state index in [2.05, 4.69) is 20.2 Å². The Hall–Kier alpha value is -2.58. The zero-order chi connectivity index (χ0) is 18.3. The number of piperidine rings is 1. The quantitative estimate of drug-likeness (QED) is 0.790. The van der Waals surface area contributed by atoms with Crippen molar-refractivity contribution in [2.75, 3.05) is 18.8 Å². The number of nitrogen functional groups attached to an aromatic ring is 1. The minimum Gasteiger partial charge on any atom is -0.399 e. The first-order valence-electron chi connectivity index (χ1n) is 8.61. The van der Waals surface area contributed by atoms with E-state index >= 15 is 0 Å². The summed E-state index contributed by atoms with van der Waals surface area (Å²) in [5.41, 5.74) is 7.73. The normalized spacial score (nSPS) is 18.6. The number of aromatic nitrogens is 3. The molecule has 2 aliphatic heterocycles. The summed E-state index contributed by atoms with van der Waals surface area (Å²) in [6.07, 6.45) is -1.68. The van der Waals surface area contributed by atoms with Gasteiger partial charge in [0.25, 0.3) is 5.82 Å². The molecule has 0 radical (unpaired) electrons. The van der Waals surface area contributed by atoms with Crippen LogP contribution in [0.1, 0.15) is 42.4 Å². The van der Waals surface area contributed by atoms with Gasteiger partial charge in [0, 0.05) is 31.6 Å². The van der Waals surface area contributed by atoms with Gasteiger partial charge in [0.2, 0.25) is 0 Å². The van der Waals surface area contributed by atoms with Crippen LogP contribution in [0.4, 0.5) is 18.9 Å². The summed E-state index contributed by atoms with van der Waals surface area (Å²) in [7, 11) is 0. The Bertz CT molecular complexity index is 816. The molecule has 1 fully saturated rings. The van der Waals surface area contributed by atoms with Crippen molar-refractivity contribution < 1.29 is 13.2 Å². The van der Waals surface area contributed by atoms with Crippen LogP contribution in [0.3, 0.4) is 0 Å². The number of nitrogens with zero attached hydrogens (tertiary/aromatic N) is 5. The van der Waals surface area contributed by atoms with Crippen LogP contribution in [0.15, 0.2) is 29.4 Å². The zero-order valence-electron chi connectivity index (χ0n) is 14.1. The van der Waals surface area contributed by atoms with E-state index < -0.39 is 12.0 Å². The van der Waals surface area contributed by atoms with Gasteiger partial charge in [-0.2, -0.15) is 22.9 Å². The third-order valence-corrected chi connectivity index (χ3v) is 5.01. The Morgan fingerprint density at radius 1 is 1.00 bits per heavy atom. The molecule has 26 heavy (non-hydrogen) atoms. The molecule has 0 amide bonds. The summed E-state index contributed by atoms with van der Waals surface area (Å²) in [6, 6.07) is 7.90. The first kappa shape index (κ1) is 16.9. The molecule has 0 unspecified atom stereocenters. The molecule has 2 N–H and O–H groups in total. The minimum absolute atomic E-state index is 0.262. The van der Waals surface area contributed by atoms with Gasteiger partial charge in [0.1, 0.15) is 5.84 Å². The van der Waals surface area contributed by atoms with Crippen LogP contribution in [-0.2, 0) is 12.6 Å². The van der Waals surface area contributed by atoms with Crippen molar-refractivity contribution >= 4 is 11.5 Å². The summed E-state index contributed by atoms with van der Waals surface area (Å²) >= 11 is 0. The minimum atomic E-state index is -4.56. The van der Waals surface area contributed by atoms with E-state index in [0.29, 0.717) is 24.6 Å². The molecule has 0 spiro atoms. The highest BCUT2D eigenvalue weighted by Gasteiger charge is 2.40. The van der Waals surface area contributed by atoms with Gasteiger partial charge in [0.05, 0.1) is 0 Å². The van der Waals surface area contributed by atoms with Crippen molar-refractivity contribution in [3.63, 3.8) is 0 Å². The van der Waals surface area contributed by atoms with Crippen LogP contribution in [0.25, 0.3) is 0 Å². The molecule has 0 saturated carbocycles. The number of alkyl halides is 3. The smallest absolute Gasteiger partial charge is 0.399 e. The van der Waals surface area contributed by atoms with Crippen LogP contribution in [0, 0.1) is 0 Å². The number of hydrogen-bond donors (Lipinski definition) is 1. The predicted molar refractivity (Wildman–Crippen MR) is 90.6 cm³/mol. The maximum absolute atomic E-state index is 13.0. The van der Waals surface area contributed by atoms with E-state index in [-0.39, 0.29) is 5.82 Å². The Morgan fingerprint density at radius 3 is 2.35 bits per heavy atom. The largest absolute Gasteiger partial charge is 0.453 e. The van der Waals surface area contributed by atoms with E-state index in [4.69, 9.17) is 5.73 Å². The topological polar surface area (TPSA) is 72.3 Å². The summed E-state index contributed by atoms with van der Waals surface area (Å²) in [4.78, 5) is 2.08.